The van der Waals surface area contributed by atoms with Crippen LogP contribution in [0.15, 0.2) is 55.0 Å². The molecule has 3 aromatic rings. The van der Waals surface area contributed by atoms with Gasteiger partial charge < -0.3 is 4.74 Å². The summed E-state index contributed by atoms with van der Waals surface area (Å²) in [7, 11) is 1.33. The minimum absolute atomic E-state index is 0.224. The van der Waals surface area contributed by atoms with Gasteiger partial charge in [0.15, 0.2) is 11.5 Å². The van der Waals surface area contributed by atoms with Gasteiger partial charge in [-0.25, -0.2) is 14.5 Å². The zero-order valence-electron chi connectivity index (χ0n) is 11.3. The van der Waals surface area contributed by atoms with Gasteiger partial charge in [-0.3, -0.25) is 4.98 Å². The van der Waals surface area contributed by atoms with Gasteiger partial charge in [0.25, 0.3) is 0 Å². The van der Waals surface area contributed by atoms with Crippen LogP contribution >= 0.6 is 0 Å². The van der Waals surface area contributed by atoms with E-state index < -0.39 is 5.97 Å². The fraction of sp³-hybridized carbons (Fsp3) is 0.0667. The molecule has 3 heterocycles. The molecule has 0 aliphatic rings. The van der Waals surface area contributed by atoms with Gasteiger partial charge in [-0.05, 0) is 30.3 Å². The minimum Gasteiger partial charge on any atom is -0.464 e. The van der Waals surface area contributed by atoms with E-state index in [4.69, 9.17) is 4.74 Å². The lowest BCUT2D eigenvalue weighted by molar-refractivity contribution is 0.0593. The van der Waals surface area contributed by atoms with E-state index in [1.807, 2.05) is 30.3 Å². The van der Waals surface area contributed by atoms with Crippen LogP contribution in [0.25, 0.3) is 17.1 Å². The summed E-state index contributed by atoms with van der Waals surface area (Å²) in [6, 6.07) is 10.9. The third-order valence-electron chi connectivity index (χ3n) is 2.93. The van der Waals surface area contributed by atoms with Crippen molar-refractivity contribution in [3.05, 3.63) is 60.7 Å². The first kappa shape index (κ1) is 13.0. The number of hydrogen-bond acceptors (Lipinski definition) is 5. The molecular formula is C15H12N4O2. The summed E-state index contributed by atoms with van der Waals surface area (Å²) in [5, 5.41) is 4.28. The number of nitrogens with zero attached hydrogens (tertiary/aromatic N) is 4. The molecule has 0 atom stereocenters. The second-order valence-electron chi connectivity index (χ2n) is 4.25. The van der Waals surface area contributed by atoms with Gasteiger partial charge in [0.2, 0.25) is 0 Å². The standard InChI is InChI=1S/C15H12N4O2/c1-21-15(20)12-9-13(11-5-4-7-16-10-11)19(18-12)14-6-2-3-8-17-14/h2-10H,1H3. The number of rotatable bonds is 3. The van der Waals surface area contributed by atoms with E-state index in [0.717, 1.165) is 11.3 Å². The van der Waals surface area contributed by atoms with E-state index in [2.05, 4.69) is 15.1 Å². The molecule has 0 fully saturated rings. The van der Waals surface area contributed by atoms with Crippen molar-refractivity contribution in [2.45, 2.75) is 0 Å². The molecule has 0 N–H and O–H groups in total. The second kappa shape index (κ2) is 5.54. The summed E-state index contributed by atoms with van der Waals surface area (Å²) in [6.07, 6.45) is 5.06. The molecule has 0 amide bonds. The number of pyridine rings is 2. The normalized spacial score (nSPS) is 10.3. The van der Waals surface area contributed by atoms with Crippen molar-refractivity contribution < 1.29 is 9.53 Å². The molecule has 21 heavy (non-hydrogen) atoms. The predicted octanol–water partition coefficient (Wildman–Crippen LogP) is 2.12. The average Bonchev–Trinajstić information content (AvgIpc) is 3.01. The van der Waals surface area contributed by atoms with E-state index in [9.17, 15) is 4.79 Å². The molecule has 0 aromatic carbocycles. The van der Waals surface area contributed by atoms with Gasteiger partial charge in [0.1, 0.15) is 0 Å². The highest BCUT2D eigenvalue weighted by Crippen LogP contribution is 2.22. The number of aromatic nitrogens is 4. The van der Waals surface area contributed by atoms with Crippen molar-refractivity contribution in [2.75, 3.05) is 7.11 Å². The molecule has 6 heteroatoms. The Kier molecular flexibility index (Phi) is 3.42. The lowest BCUT2D eigenvalue weighted by Crippen LogP contribution is -2.05. The molecule has 0 spiro atoms. The number of ether oxygens (including phenoxy) is 1. The van der Waals surface area contributed by atoms with Gasteiger partial charge in [-0.1, -0.05) is 6.07 Å². The lowest BCUT2D eigenvalue weighted by atomic mass is 10.2. The first-order valence-electron chi connectivity index (χ1n) is 6.30. The summed E-state index contributed by atoms with van der Waals surface area (Å²) in [5.74, 6) is 0.126. The Labute approximate surface area is 121 Å². The summed E-state index contributed by atoms with van der Waals surface area (Å²) in [5.41, 5.74) is 1.79. The molecule has 0 radical (unpaired) electrons. The van der Waals surface area contributed by atoms with E-state index in [1.165, 1.54) is 7.11 Å². The van der Waals surface area contributed by atoms with Crippen LogP contribution in [0, 0.1) is 0 Å². The maximum absolute atomic E-state index is 11.7. The molecule has 0 saturated carbocycles. The van der Waals surface area contributed by atoms with Crippen molar-refractivity contribution in [1.82, 2.24) is 19.7 Å². The van der Waals surface area contributed by atoms with Crippen LogP contribution in [-0.2, 0) is 4.74 Å². The highest BCUT2D eigenvalue weighted by atomic mass is 16.5. The van der Waals surface area contributed by atoms with Crippen molar-refractivity contribution in [3.63, 3.8) is 0 Å². The van der Waals surface area contributed by atoms with Gasteiger partial charge in [-0.2, -0.15) is 5.10 Å². The van der Waals surface area contributed by atoms with Crippen LogP contribution in [0.5, 0.6) is 0 Å². The Morgan fingerprint density at radius 2 is 2.10 bits per heavy atom. The van der Waals surface area contributed by atoms with E-state index in [1.54, 1.807) is 29.3 Å². The van der Waals surface area contributed by atoms with Gasteiger partial charge in [0, 0.05) is 24.2 Å². The Bertz CT molecular complexity index is 697. The summed E-state index contributed by atoms with van der Waals surface area (Å²) >= 11 is 0. The van der Waals surface area contributed by atoms with Crippen LogP contribution < -0.4 is 0 Å². The molecule has 6 nitrogen and oxygen atoms in total. The Hall–Kier alpha value is -3.02. The maximum atomic E-state index is 11.7. The second-order valence-corrected chi connectivity index (χ2v) is 4.25. The van der Waals surface area contributed by atoms with Crippen molar-refractivity contribution in [1.29, 1.82) is 0 Å². The molecule has 104 valence electrons. The third kappa shape index (κ3) is 2.51. The van der Waals surface area contributed by atoms with Crippen LogP contribution in [0.1, 0.15) is 10.5 Å². The average molecular weight is 280 g/mol. The minimum atomic E-state index is -0.491. The zero-order valence-corrected chi connectivity index (χ0v) is 11.3. The lowest BCUT2D eigenvalue weighted by Gasteiger charge is -2.05. The monoisotopic (exact) mass is 280 g/mol. The van der Waals surface area contributed by atoms with Crippen molar-refractivity contribution in [2.24, 2.45) is 0 Å². The van der Waals surface area contributed by atoms with Gasteiger partial charge in [0.05, 0.1) is 12.8 Å². The van der Waals surface area contributed by atoms with Crippen molar-refractivity contribution in [3.8, 4) is 17.1 Å². The SMILES string of the molecule is COC(=O)c1cc(-c2cccnc2)n(-c2ccccn2)n1. The number of methoxy groups -OCH3 is 1. The third-order valence-corrected chi connectivity index (χ3v) is 2.93. The Balaban J connectivity index is 2.18. The first-order valence-corrected chi connectivity index (χ1v) is 6.30. The highest BCUT2D eigenvalue weighted by Gasteiger charge is 2.17. The quantitative estimate of drug-likeness (QED) is 0.687. The fourth-order valence-corrected chi connectivity index (χ4v) is 1.96. The Morgan fingerprint density at radius 1 is 1.19 bits per heavy atom. The molecule has 3 rings (SSSR count). The van der Waals surface area contributed by atoms with Crippen LogP contribution in [0.4, 0.5) is 0 Å². The maximum Gasteiger partial charge on any atom is 0.358 e. The topological polar surface area (TPSA) is 69.9 Å². The molecule has 0 bridgehead atoms. The zero-order chi connectivity index (χ0) is 14.7. The molecule has 0 aliphatic carbocycles. The summed E-state index contributed by atoms with van der Waals surface area (Å²) in [4.78, 5) is 20.1. The number of carbonyl (C=O) groups is 1. The van der Waals surface area contributed by atoms with E-state index in [0.29, 0.717) is 5.82 Å². The molecule has 3 aromatic heterocycles. The van der Waals surface area contributed by atoms with E-state index in [-0.39, 0.29) is 5.69 Å². The molecule has 0 unspecified atom stereocenters. The molecule has 0 saturated heterocycles. The van der Waals surface area contributed by atoms with Crippen molar-refractivity contribution >= 4 is 5.97 Å². The number of esters is 1. The Morgan fingerprint density at radius 3 is 2.76 bits per heavy atom. The van der Waals surface area contributed by atoms with Crippen LogP contribution in [0.3, 0.4) is 0 Å². The first-order chi connectivity index (χ1) is 10.3. The van der Waals surface area contributed by atoms with Crippen LogP contribution in [-0.4, -0.2) is 32.8 Å². The van der Waals surface area contributed by atoms with Crippen LogP contribution in [0.2, 0.25) is 0 Å². The highest BCUT2D eigenvalue weighted by molar-refractivity contribution is 5.88. The van der Waals surface area contributed by atoms with Gasteiger partial charge in [-0.15, -0.1) is 0 Å². The largest absolute Gasteiger partial charge is 0.464 e. The van der Waals surface area contributed by atoms with E-state index >= 15 is 0 Å². The molecular weight excluding hydrogens is 268 g/mol. The van der Waals surface area contributed by atoms with Gasteiger partial charge >= 0.3 is 5.97 Å². The summed E-state index contributed by atoms with van der Waals surface area (Å²) in [6.45, 7) is 0. The number of carbonyl (C=O) groups excluding carboxylic acids is 1. The summed E-state index contributed by atoms with van der Waals surface area (Å²) < 4.78 is 6.33. The number of hydrogen-bond donors (Lipinski definition) is 0. The smallest absolute Gasteiger partial charge is 0.358 e. The molecule has 0 aliphatic heterocycles. The predicted molar refractivity (Wildman–Crippen MR) is 75.9 cm³/mol. The fourth-order valence-electron chi connectivity index (χ4n) is 1.96.